The van der Waals surface area contributed by atoms with Crippen LogP contribution in [0.5, 0.6) is 0 Å². The van der Waals surface area contributed by atoms with Gasteiger partial charge in [-0.1, -0.05) is 17.7 Å². The highest BCUT2D eigenvalue weighted by atomic mass is 35.5. The van der Waals surface area contributed by atoms with Crippen LogP contribution in [0.1, 0.15) is 6.92 Å². The van der Waals surface area contributed by atoms with E-state index in [2.05, 4.69) is 10.3 Å². The molecule has 0 aliphatic heterocycles. The number of ether oxygens (including phenoxy) is 1. The van der Waals surface area contributed by atoms with E-state index in [9.17, 15) is 14.4 Å². The van der Waals surface area contributed by atoms with Crippen molar-refractivity contribution in [2.75, 3.05) is 5.32 Å². The number of anilines is 1. The fraction of sp³-hybridized carbons (Fsp3) is 0.200. The monoisotopic (exact) mass is 335 g/mol. The molecule has 2 aromatic rings. The minimum absolute atomic E-state index is 0.267. The van der Waals surface area contributed by atoms with E-state index in [1.165, 1.54) is 36.0 Å². The van der Waals surface area contributed by atoms with Gasteiger partial charge in [0.15, 0.2) is 6.10 Å². The lowest BCUT2D eigenvalue weighted by Crippen LogP contribution is -2.32. The summed E-state index contributed by atoms with van der Waals surface area (Å²) in [5.74, 6) is -0.930. The SMILES string of the molecule is C[C@H](OC(=O)Cn1ccccc1=O)C(=O)Nc1ccc(Cl)cn1. The molecular formula is C15H14ClN3O4. The molecule has 1 atom stereocenters. The standard InChI is InChI=1S/C15H14ClN3O4/c1-10(15(22)18-12-6-5-11(16)8-17-12)23-14(21)9-19-7-3-2-4-13(19)20/h2-8,10H,9H2,1H3,(H,17,18,22)/t10-/m0/s1. The molecule has 23 heavy (non-hydrogen) atoms. The van der Waals surface area contributed by atoms with Crippen LogP contribution in [-0.4, -0.2) is 27.5 Å². The van der Waals surface area contributed by atoms with Gasteiger partial charge in [-0.3, -0.25) is 14.4 Å². The summed E-state index contributed by atoms with van der Waals surface area (Å²) in [7, 11) is 0. The Kier molecular flexibility index (Phi) is 5.48. The lowest BCUT2D eigenvalue weighted by molar-refractivity contribution is -0.153. The Hall–Kier alpha value is -2.67. The molecule has 0 bridgehead atoms. The summed E-state index contributed by atoms with van der Waals surface area (Å²) >= 11 is 5.70. The molecule has 7 nitrogen and oxygen atoms in total. The average Bonchev–Trinajstić information content (AvgIpc) is 2.51. The maximum atomic E-state index is 11.9. The van der Waals surface area contributed by atoms with E-state index in [4.69, 9.17) is 16.3 Å². The summed E-state index contributed by atoms with van der Waals surface area (Å²) < 4.78 is 6.19. The summed E-state index contributed by atoms with van der Waals surface area (Å²) in [5.41, 5.74) is -0.327. The second-order valence-corrected chi connectivity index (χ2v) is 5.09. The van der Waals surface area contributed by atoms with E-state index in [0.717, 1.165) is 0 Å². The summed E-state index contributed by atoms with van der Waals surface area (Å²) in [5, 5.41) is 2.94. The van der Waals surface area contributed by atoms with Gasteiger partial charge in [-0.2, -0.15) is 0 Å². The molecule has 0 aliphatic carbocycles. The van der Waals surface area contributed by atoms with Gasteiger partial charge in [0.25, 0.3) is 11.5 Å². The molecule has 2 heterocycles. The molecule has 8 heteroatoms. The van der Waals surface area contributed by atoms with Gasteiger partial charge < -0.3 is 14.6 Å². The Morgan fingerprint density at radius 1 is 1.35 bits per heavy atom. The molecule has 0 unspecified atom stereocenters. The number of esters is 1. The zero-order valence-corrected chi connectivity index (χ0v) is 13.0. The summed E-state index contributed by atoms with van der Waals surface area (Å²) in [4.78, 5) is 39.1. The topological polar surface area (TPSA) is 90.3 Å². The number of carbonyl (C=O) groups is 2. The van der Waals surface area contributed by atoms with Crippen molar-refractivity contribution in [1.29, 1.82) is 0 Å². The van der Waals surface area contributed by atoms with Gasteiger partial charge in [0.2, 0.25) is 0 Å². The van der Waals surface area contributed by atoms with E-state index >= 15 is 0 Å². The molecule has 2 rings (SSSR count). The number of carbonyl (C=O) groups excluding carboxylic acids is 2. The summed E-state index contributed by atoms with van der Waals surface area (Å²) in [6.45, 7) is 1.16. The van der Waals surface area contributed by atoms with Crippen molar-refractivity contribution in [1.82, 2.24) is 9.55 Å². The van der Waals surface area contributed by atoms with Gasteiger partial charge >= 0.3 is 5.97 Å². The van der Waals surface area contributed by atoms with Gasteiger partial charge in [-0.15, -0.1) is 0 Å². The van der Waals surface area contributed by atoms with Crippen molar-refractivity contribution >= 4 is 29.3 Å². The Bertz CT molecular complexity index is 758. The van der Waals surface area contributed by atoms with Crippen molar-refractivity contribution < 1.29 is 14.3 Å². The number of halogens is 1. The van der Waals surface area contributed by atoms with Crippen molar-refractivity contribution in [2.45, 2.75) is 19.6 Å². The second-order valence-electron chi connectivity index (χ2n) is 4.65. The van der Waals surface area contributed by atoms with E-state index < -0.39 is 18.0 Å². The molecule has 0 aromatic carbocycles. The lowest BCUT2D eigenvalue weighted by Gasteiger charge is -2.13. The van der Waals surface area contributed by atoms with Crippen LogP contribution in [0, 0.1) is 0 Å². The number of hydrogen-bond acceptors (Lipinski definition) is 5. The first-order valence-electron chi connectivity index (χ1n) is 6.73. The third-order valence-electron chi connectivity index (χ3n) is 2.85. The number of nitrogens with one attached hydrogen (secondary N) is 1. The first-order valence-corrected chi connectivity index (χ1v) is 7.11. The van der Waals surface area contributed by atoms with E-state index in [1.54, 1.807) is 18.2 Å². The fourth-order valence-corrected chi connectivity index (χ4v) is 1.81. The molecule has 120 valence electrons. The predicted molar refractivity (Wildman–Crippen MR) is 84.1 cm³/mol. The molecule has 0 spiro atoms. The summed E-state index contributed by atoms with van der Waals surface area (Å²) in [6, 6.07) is 7.62. The third kappa shape index (κ3) is 4.93. The van der Waals surface area contributed by atoms with Gasteiger partial charge in [0.1, 0.15) is 12.4 Å². The Morgan fingerprint density at radius 3 is 2.78 bits per heavy atom. The highest BCUT2D eigenvalue weighted by molar-refractivity contribution is 6.30. The van der Waals surface area contributed by atoms with E-state index in [0.29, 0.717) is 10.8 Å². The quantitative estimate of drug-likeness (QED) is 0.835. The van der Waals surface area contributed by atoms with Crippen LogP contribution in [0.3, 0.4) is 0 Å². The van der Waals surface area contributed by atoms with Crippen LogP contribution in [0.15, 0.2) is 47.5 Å². The van der Waals surface area contributed by atoms with Crippen LogP contribution < -0.4 is 10.9 Å². The van der Waals surface area contributed by atoms with Crippen molar-refractivity contribution in [3.8, 4) is 0 Å². The van der Waals surface area contributed by atoms with Gasteiger partial charge in [-0.25, -0.2) is 4.98 Å². The molecular weight excluding hydrogens is 322 g/mol. The number of amides is 1. The molecule has 2 aromatic heterocycles. The summed E-state index contributed by atoms with van der Waals surface area (Å²) in [6.07, 6.45) is 1.82. The third-order valence-corrected chi connectivity index (χ3v) is 3.08. The van der Waals surface area contributed by atoms with Crippen molar-refractivity contribution in [3.05, 3.63) is 58.1 Å². The van der Waals surface area contributed by atoms with Gasteiger partial charge in [-0.05, 0) is 25.1 Å². The normalized spacial score (nSPS) is 11.6. The van der Waals surface area contributed by atoms with Gasteiger partial charge in [0.05, 0.1) is 5.02 Å². The zero-order chi connectivity index (χ0) is 16.8. The molecule has 0 aliphatic rings. The zero-order valence-electron chi connectivity index (χ0n) is 12.2. The van der Waals surface area contributed by atoms with Crippen LogP contribution >= 0.6 is 11.6 Å². The first kappa shape index (κ1) is 16.7. The Balaban J connectivity index is 1.90. The highest BCUT2D eigenvalue weighted by Crippen LogP contribution is 2.10. The lowest BCUT2D eigenvalue weighted by atomic mass is 10.3. The first-order chi connectivity index (χ1) is 11.0. The number of hydrogen-bond donors (Lipinski definition) is 1. The predicted octanol–water partition coefficient (Wildman–Crippen LogP) is 1.47. The van der Waals surface area contributed by atoms with E-state index in [1.807, 2.05) is 0 Å². The molecule has 0 radical (unpaired) electrons. The highest BCUT2D eigenvalue weighted by Gasteiger charge is 2.18. The maximum absolute atomic E-state index is 11.9. The van der Waals surface area contributed by atoms with Crippen molar-refractivity contribution in [3.63, 3.8) is 0 Å². The minimum atomic E-state index is -1.03. The molecule has 1 amide bonds. The minimum Gasteiger partial charge on any atom is -0.451 e. The smallest absolute Gasteiger partial charge is 0.326 e. The van der Waals surface area contributed by atoms with Crippen LogP contribution in [0.2, 0.25) is 5.02 Å². The fourth-order valence-electron chi connectivity index (χ4n) is 1.70. The number of pyridine rings is 2. The number of nitrogens with zero attached hydrogens (tertiary/aromatic N) is 2. The maximum Gasteiger partial charge on any atom is 0.326 e. The van der Waals surface area contributed by atoms with Crippen LogP contribution in [-0.2, 0) is 20.9 Å². The van der Waals surface area contributed by atoms with Crippen LogP contribution in [0.4, 0.5) is 5.82 Å². The second kappa shape index (κ2) is 7.55. The molecule has 1 N–H and O–H groups in total. The van der Waals surface area contributed by atoms with Gasteiger partial charge in [0, 0.05) is 18.5 Å². The molecule has 0 saturated heterocycles. The number of rotatable bonds is 5. The van der Waals surface area contributed by atoms with Crippen molar-refractivity contribution in [2.24, 2.45) is 0 Å². The number of aromatic nitrogens is 2. The Morgan fingerprint density at radius 2 is 2.13 bits per heavy atom. The largest absolute Gasteiger partial charge is 0.451 e. The average molecular weight is 336 g/mol. The Labute approximate surface area is 136 Å². The molecule has 0 fully saturated rings. The van der Waals surface area contributed by atoms with Crippen LogP contribution in [0.25, 0.3) is 0 Å². The molecule has 0 saturated carbocycles. The van der Waals surface area contributed by atoms with E-state index in [-0.39, 0.29) is 12.1 Å².